The summed E-state index contributed by atoms with van der Waals surface area (Å²) in [4.78, 5) is 28.2. The molecular formula is C23H28N2O2S. The molecule has 148 valence electrons. The Labute approximate surface area is 171 Å². The van der Waals surface area contributed by atoms with Crippen molar-refractivity contribution in [2.45, 2.75) is 45.7 Å². The van der Waals surface area contributed by atoms with E-state index < -0.39 is 6.04 Å². The first-order valence-corrected chi connectivity index (χ1v) is 10.7. The molecule has 1 heterocycles. The fourth-order valence-corrected chi connectivity index (χ4v) is 5.06. The van der Waals surface area contributed by atoms with Gasteiger partial charge in [0.25, 0.3) is 5.91 Å². The lowest BCUT2D eigenvalue weighted by atomic mass is 9.94. The normalized spacial score (nSPS) is 19.5. The molecule has 2 aromatic rings. The molecule has 2 atom stereocenters. The number of thioether (sulfide) groups is 1. The maximum atomic E-state index is 13.4. The Morgan fingerprint density at radius 3 is 2.36 bits per heavy atom. The van der Waals surface area contributed by atoms with Gasteiger partial charge < -0.3 is 10.2 Å². The first-order chi connectivity index (χ1) is 13.3. The van der Waals surface area contributed by atoms with Gasteiger partial charge in [0, 0.05) is 17.9 Å². The van der Waals surface area contributed by atoms with Gasteiger partial charge in [-0.15, -0.1) is 11.8 Å². The van der Waals surface area contributed by atoms with Crippen LogP contribution in [0.15, 0.2) is 54.6 Å². The van der Waals surface area contributed by atoms with Crippen LogP contribution in [-0.2, 0) is 11.3 Å². The SMILES string of the molecule is Cc1ccccc1C(=O)N1C(C(=O)NCc2ccccc2)CSC1C(C)(C)C. The number of amides is 2. The summed E-state index contributed by atoms with van der Waals surface area (Å²) in [6.07, 6.45) is 0. The van der Waals surface area contributed by atoms with E-state index in [4.69, 9.17) is 0 Å². The summed E-state index contributed by atoms with van der Waals surface area (Å²) in [7, 11) is 0. The second-order valence-corrected chi connectivity index (χ2v) is 9.41. The molecule has 28 heavy (non-hydrogen) atoms. The molecule has 0 aromatic heterocycles. The van der Waals surface area contributed by atoms with Gasteiger partial charge in [0.05, 0.1) is 5.37 Å². The molecule has 5 heteroatoms. The van der Waals surface area contributed by atoms with Gasteiger partial charge in [-0.1, -0.05) is 69.3 Å². The van der Waals surface area contributed by atoms with Gasteiger partial charge in [-0.05, 0) is 29.5 Å². The molecule has 1 saturated heterocycles. The van der Waals surface area contributed by atoms with Crippen molar-refractivity contribution < 1.29 is 9.59 Å². The van der Waals surface area contributed by atoms with Crippen molar-refractivity contribution >= 4 is 23.6 Å². The Balaban J connectivity index is 1.83. The van der Waals surface area contributed by atoms with Crippen LogP contribution in [0.2, 0.25) is 0 Å². The van der Waals surface area contributed by atoms with Crippen molar-refractivity contribution in [1.82, 2.24) is 10.2 Å². The number of nitrogens with zero attached hydrogens (tertiary/aromatic N) is 1. The summed E-state index contributed by atoms with van der Waals surface area (Å²) in [5, 5.41) is 2.97. The van der Waals surface area contributed by atoms with Crippen molar-refractivity contribution in [3.8, 4) is 0 Å². The number of hydrogen-bond donors (Lipinski definition) is 1. The third-order valence-corrected chi connectivity index (χ3v) is 6.72. The van der Waals surface area contributed by atoms with E-state index in [1.54, 1.807) is 16.7 Å². The van der Waals surface area contributed by atoms with Crippen LogP contribution < -0.4 is 5.32 Å². The first kappa shape index (κ1) is 20.5. The summed E-state index contributed by atoms with van der Waals surface area (Å²) in [6, 6.07) is 16.9. The van der Waals surface area contributed by atoms with E-state index in [2.05, 4.69) is 26.1 Å². The molecule has 1 N–H and O–H groups in total. The minimum absolute atomic E-state index is 0.0490. The topological polar surface area (TPSA) is 49.4 Å². The van der Waals surface area contributed by atoms with E-state index in [9.17, 15) is 9.59 Å². The lowest BCUT2D eigenvalue weighted by Gasteiger charge is -2.36. The standard InChI is InChI=1S/C23H28N2O2S/c1-16-10-8-9-13-18(16)21(27)25-19(15-28-22(25)23(2,3)4)20(26)24-14-17-11-6-5-7-12-17/h5-13,19,22H,14-15H2,1-4H3,(H,24,26). The van der Waals surface area contributed by atoms with E-state index in [1.807, 2.05) is 61.5 Å². The summed E-state index contributed by atoms with van der Waals surface area (Å²) in [5.41, 5.74) is 2.52. The van der Waals surface area contributed by atoms with Gasteiger partial charge in [-0.2, -0.15) is 0 Å². The van der Waals surface area contributed by atoms with Gasteiger partial charge in [0.2, 0.25) is 5.91 Å². The zero-order valence-corrected chi connectivity index (χ0v) is 17.8. The van der Waals surface area contributed by atoms with Crippen LogP contribution in [0.4, 0.5) is 0 Å². The molecule has 0 aliphatic carbocycles. The van der Waals surface area contributed by atoms with Crippen molar-refractivity contribution in [2.75, 3.05) is 5.75 Å². The largest absolute Gasteiger partial charge is 0.350 e. The molecule has 1 aliphatic rings. The van der Waals surface area contributed by atoms with Gasteiger partial charge >= 0.3 is 0 Å². The Kier molecular flexibility index (Phi) is 6.14. The molecule has 2 amide bonds. The summed E-state index contributed by atoms with van der Waals surface area (Å²) in [6.45, 7) is 8.76. The average Bonchev–Trinajstić information content (AvgIpc) is 3.12. The number of rotatable bonds is 4. The number of carbonyl (C=O) groups excluding carboxylic acids is 2. The zero-order valence-electron chi connectivity index (χ0n) is 16.9. The Hall–Kier alpha value is -2.27. The van der Waals surface area contributed by atoms with E-state index >= 15 is 0 Å². The van der Waals surface area contributed by atoms with Crippen LogP contribution in [0.25, 0.3) is 0 Å². The van der Waals surface area contributed by atoms with Crippen LogP contribution in [0, 0.1) is 12.3 Å². The number of nitrogens with one attached hydrogen (secondary N) is 1. The number of hydrogen-bond acceptors (Lipinski definition) is 3. The molecule has 0 radical (unpaired) electrons. The van der Waals surface area contributed by atoms with Gasteiger partial charge in [0.1, 0.15) is 6.04 Å². The average molecular weight is 397 g/mol. The zero-order chi connectivity index (χ0) is 20.3. The molecule has 2 unspecified atom stereocenters. The third-order valence-electron chi connectivity index (χ3n) is 4.96. The highest BCUT2D eigenvalue weighted by Gasteiger charge is 2.46. The second-order valence-electron chi connectivity index (χ2n) is 8.30. The second kappa shape index (κ2) is 8.39. The summed E-state index contributed by atoms with van der Waals surface area (Å²) >= 11 is 1.69. The molecule has 1 fully saturated rings. The molecule has 0 bridgehead atoms. The third kappa shape index (κ3) is 4.41. The van der Waals surface area contributed by atoms with Crippen LogP contribution >= 0.6 is 11.8 Å². The fraction of sp³-hybridized carbons (Fsp3) is 0.391. The predicted molar refractivity (Wildman–Crippen MR) is 115 cm³/mol. The van der Waals surface area contributed by atoms with E-state index in [0.29, 0.717) is 17.9 Å². The Morgan fingerprint density at radius 1 is 1.07 bits per heavy atom. The number of benzene rings is 2. The molecule has 3 rings (SSSR count). The Morgan fingerprint density at radius 2 is 1.71 bits per heavy atom. The van der Waals surface area contributed by atoms with Gasteiger partial charge in [-0.3, -0.25) is 9.59 Å². The highest BCUT2D eigenvalue weighted by atomic mass is 32.2. The summed E-state index contributed by atoms with van der Waals surface area (Å²) in [5.74, 6) is 0.452. The lowest BCUT2D eigenvalue weighted by Crippen LogP contribution is -2.52. The van der Waals surface area contributed by atoms with Crippen molar-refractivity contribution in [2.24, 2.45) is 5.41 Å². The fourth-order valence-electron chi connectivity index (χ4n) is 3.48. The van der Waals surface area contributed by atoms with Crippen molar-refractivity contribution in [1.29, 1.82) is 0 Å². The predicted octanol–water partition coefficient (Wildman–Crippen LogP) is 4.24. The molecule has 2 aromatic carbocycles. The van der Waals surface area contributed by atoms with Crippen LogP contribution in [0.5, 0.6) is 0 Å². The van der Waals surface area contributed by atoms with Gasteiger partial charge in [0.15, 0.2) is 0 Å². The first-order valence-electron chi connectivity index (χ1n) is 9.60. The highest BCUT2D eigenvalue weighted by molar-refractivity contribution is 8.00. The molecule has 4 nitrogen and oxygen atoms in total. The van der Waals surface area contributed by atoms with E-state index in [-0.39, 0.29) is 22.6 Å². The van der Waals surface area contributed by atoms with Gasteiger partial charge in [-0.25, -0.2) is 0 Å². The van der Waals surface area contributed by atoms with Crippen LogP contribution in [-0.4, -0.2) is 33.9 Å². The van der Waals surface area contributed by atoms with Crippen molar-refractivity contribution in [3.63, 3.8) is 0 Å². The smallest absolute Gasteiger partial charge is 0.255 e. The molecular weight excluding hydrogens is 368 g/mol. The quantitative estimate of drug-likeness (QED) is 0.841. The van der Waals surface area contributed by atoms with Crippen molar-refractivity contribution in [3.05, 3.63) is 71.3 Å². The molecule has 1 aliphatic heterocycles. The monoisotopic (exact) mass is 396 g/mol. The number of aryl methyl sites for hydroxylation is 1. The summed E-state index contributed by atoms with van der Waals surface area (Å²) < 4.78 is 0. The van der Waals surface area contributed by atoms with Crippen LogP contribution in [0.3, 0.4) is 0 Å². The Bertz CT molecular complexity index is 845. The maximum absolute atomic E-state index is 13.4. The number of carbonyl (C=O) groups is 2. The molecule has 0 saturated carbocycles. The van der Waals surface area contributed by atoms with E-state index in [0.717, 1.165) is 11.1 Å². The minimum atomic E-state index is -0.468. The highest BCUT2D eigenvalue weighted by Crippen LogP contribution is 2.41. The minimum Gasteiger partial charge on any atom is -0.350 e. The van der Waals surface area contributed by atoms with E-state index in [1.165, 1.54) is 0 Å². The van der Waals surface area contributed by atoms with Crippen LogP contribution in [0.1, 0.15) is 42.3 Å². The maximum Gasteiger partial charge on any atom is 0.255 e. The lowest BCUT2D eigenvalue weighted by molar-refractivity contribution is -0.125. The molecule has 0 spiro atoms.